The summed E-state index contributed by atoms with van der Waals surface area (Å²) in [6, 6.07) is 0. The third-order valence-electron chi connectivity index (χ3n) is 1.28. The molecule has 0 N–H and O–H groups in total. The number of fused-ring (bicyclic) bond motifs is 1. The van der Waals surface area contributed by atoms with Gasteiger partial charge in [0.1, 0.15) is 0 Å². The fraction of sp³-hybridized carbons (Fsp3) is 0.167. The smallest absolute Gasteiger partial charge is 0.201 e. The molecule has 1 radical (unpaired) electrons. The normalized spacial score (nSPS) is 23.3. The lowest BCUT2D eigenvalue weighted by Crippen LogP contribution is -2.12. The van der Waals surface area contributed by atoms with Crippen molar-refractivity contribution in [1.29, 1.82) is 0 Å². The Kier molecular flexibility index (Phi) is 0.886. The second-order valence-electron chi connectivity index (χ2n) is 1.88. The number of nitrogens with zero attached hydrogens (tertiary/aromatic N) is 3. The first-order valence-electron chi connectivity index (χ1n) is 2.85. The summed E-state index contributed by atoms with van der Waals surface area (Å²) in [5.74, 6) is 0. The third kappa shape index (κ3) is 0.650. The number of hydrogen-bond donors (Lipinski definition) is 0. The van der Waals surface area contributed by atoms with Gasteiger partial charge in [0.25, 0.3) is 0 Å². The molecule has 0 aromatic heterocycles. The highest BCUT2D eigenvalue weighted by Crippen LogP contribution is 2.21. The van der Waals surface area contributed by atoms with Gasteiger partial charge in [0.05, 0.1) is 0 Å². The summed E-state index contributed by atoms with van der Waals surface area (Å²) < 4.78 is 0. The molecular formula is C6H6N3. The van der Waals surface area contributed by atoms with Crippen LogP contribution in [0.5, 0.6) is 0 Å². The van der Waals surface area contributed by atoms with Crippen LogP contribution in [0.1, 0.15) is 6.42 Å². The molecule has 0 saturated heterocycles. The Morgan fingerprint density at radius 2 is 2.56 bits per heavy atom. The van der Waals surface area contributed by atoms with E-state index in [-0.39, 0.29) is 0 Å². The van der Waals surface area contributed by atoms with Crippen LogP contribution in [0, 0.1) is 6.17 Å². The molecule has 0 spiro atoms. The molecule has 3 nitrogen and oxygen atoms in total. The summed E-state index contributed by atoms with van der Waals surface area (Å²) in [7, 11) is 0. The molecule has 0 amide bonds. The summed E-state index contributed by atoms with van der Waals surface area (Å²) in [6.45, 7) is 0. The van der Waals surface area contributed by atoms with Gasteiger partial charge < -0.3 is 0 Å². The van der Waals surface area contributed by atoms with Crippen molar-refractivity contribution in [2.45, 2.75) is 6.42 Å². The van der Waals surface area contributed by atoms with Gasteiger partial charge in [-0.1, -0.05) is 0 Å². The molecular weight excluding hydrogens is 114 g/mol. The van der Waals surface area contributed by atoms with Gasteiger partial charge in [0.2, 0.25) is 6.17 Å². The zero-order valence-electron chi connectivity index (χ0n) is 4.86. The predicted molar refractivity (Wildman–Crippen MR) is 35.8 cm³/mol. The van der Waals surface area contributed by atoms with Crippen molar-refractivity contribution in [3.05, 3.63) is 18.4 Å². The van der Waals surface area contributed by atoms with Crippen molar-refractivity contribution < 1.29 is 0 Å². The molecule has 0 bridgehead atoms. The van der Waals surface area contributed by atoms with E-state index in [1.807, 2.05) is 18.5 Å². The largest absolute Gasteiger partial charge is 0.258 e. The summed E-state index contributed by atoms with van der Waals surface area (Å²) in [4.78, 5) is 4.10. The first kappa shape index (κ1) is 4.73. The zero-order valence-corrected chi connectivity index (χ0v) is 4.86. The molecule has 2 rings (SSSR count). The van der Waals surface area contributed by atoms with Crippen molar-refractivity contribution in [1.82, 2.24) is 5.01 Å². The molecule has 0 saturated carbocycles. The lowest BCUT2D eigenvalue weighted by atomic mass is 10.3. The topological polar surface area (TPSA) is 28.0 Å². The van der Waals surface area contributed by atoms with E-state index in [0.29, 0.717) is 0 Å². The van der Waals surface area contributed by atoms with Gasteiger partial charge >= 0.3 is 0 Å². The molecule has 9 heavy (non-hydrogen) atoms. The van der Waals surface area contributed by atoms with Gasteiger partial charge in [-0.25, -0.2) is 5.01 Å². The van der Waals surface area contributed by atoms with Crippen LogP contribution in [0.2, 0.25) is 0 Å². The first-order valence-corrected chi connectivity index (χ1v) is 2.85. The molecule has 2 aliphatic rings. The van der Waals surface area contributed by atoms with Crippen LogP contribution in [-0.2, 0) is 0 Å². The molecule has 0 aromatic carbocycles. The Morgan fingerprint density at radius 3 is 3.44 bits per heavy atom. The molecule has 0 atom stereocenters. The molecule has 0 unspecified atom stereocenters. The Bertz CT molecular complexity index is 192. The predicted octanol–water partition coefficient (Wildman–Crippen LogP) is 0.765. The van der Waals surface area contributed by atoms with Crippen LogP contribution >= 0.6 is 0 Å². The van der Waals surface area contributed by atoms with E-state index in [0.717, 1.165) is 12.6 Å². The lowest BCUT2D eigenvalue weighted by Gasteiger charge is -2.15. The Labute approximate surface area is 53.4 Å². The van der Waals surface area contributed by atoms with Gasteiger partial charge in [-0.2, -0.15) is 5.10 Å². The van der Waals surface area contributed by atoms with Crippen LogP contribution in [0.25, 0.3) is 0 Å². The summed E-state index contributed by atoms with van der Waals surface area (Å²) >= 11 is 0. The fourth-order valence-electron chi connectivity index (χ4n) is 0.856. The van der Waals surface area contributed by atoms with Crippen LogP contribution in [-0.4, -0.2) is 17.4 Å². The molecule has 2 aliphatic heterocycles. The van der Waals surface area contributed by atoms with Gasteiger partial charge in [0.15, 0.2) is 0 Å². The molecule has 2 heterocycles. The standard InChI is InChI=1S/C6H6N3/c1-3-7-6-2-4-8-9(6)5-1/h1,3-5H,2H2. The van der Waals surface area contributed by atoms with Crippen molar-refractivity contribution in [3.8, 4) is 0 Å². The minimum Gasteiger partial charge on any atom is -0.258 e. The second kappa shape index (κ2) is 1.69. The fourth-order valence-corrected chi connectivity index (χ4v) is 0.856. The summed E-state index contributed by atoms with van der Waals surface area (Å²) in [6.07, 6.45) is 9.26. The minimum atomic E-state index is 0.862. The van der Waals surface area contributed by atoms with E-state index < -0.39 is 0 Å². The first-order chi connectivity index (χ1) is 4.47. The van der Waals surface area contributed by atoms with E-state index in [1.165, 1.54) is 0 Å². The van der Waals surface area contributed by atoms with Crippen LogP contribution in [0.3, 0.4) is 0 Å². The van der Waals surface area contributed by atoms with Crippen LogP contribution in [0.4, 0.5) is 0 Å². The second-order valence-corrected chi connectivity index (χ2v) is 1.88. The zero-order chi connectivity index (χ0) is 6.10. The highest BCUT2D eigenvalue weighted by Gasteiger charge is 2.19. The maximum Gasteiger partial charge on any atom is 0.201 e. The molecule has 0 aliphatic carbocycles. The number of allylic oxidation sites excluding steroid dienone is 1. The molecule has 45 valence electrons. The quantitative estimate of drug-likeness (QED) is 0.464. The number of rotatable bonds is 0. The molecule has 3 heteroatoms. The maximum atomic E-state index is 4.10. The number of hydrogen-bond acceptors (Lipinski definition) is 3. The highest BCUT2D eigenvalue weighted by molar-refractivity contribution is 5.75. The average Bonchev–Trinajstić information content (AvgIpc) is 2.33. The molecule has 0 aromatic rings. The molecule has 0 fully saturated rings. The highest BCUT2D eigenvalue weighted by atomic mass is 15.5. The Balaban J connectivity index is 2.25. The van der Waals surface area contributed by atoms with Crippen molar-refractivity contribution in [2.75, 3.05) is 0 Å². The average molecular weight is 120 g/mol. The summed E-state index contributed by atoms with van der Waals surface area (Å²) in [5.41, 5.74) is 0. The van der Waals surface area contributed by atoms with E-state index >= 15 is 0 Å². The van der Waals surface area contributed by atoms with E-state index in [2.05, 4.69) is 10.1 Å². The van der Waals surface area contributed by atoms with Crippen LogP contribution in [0.15, 0.2) is 22.4 Å². The number of hydrazone groups is 1. The van der Waals surface area contributed by atoms with Crippen molar-refractivity contribution >= 4 is 12.4 Å². The SMILES string of the molecule is C1=CN2N=CC[C]2N=C1. The Hall–Kier alpha value is -1.12. The van der Waals surface area contributed by atoms with E-state index in [9.17, 15) is 0 Å². The van der Waals surface area contributed by atoms with E-state index in [1.54, 1.807) is 11.2 Å². The Morgan fingerprint density at radius 1 is 1.56 bits per heavy atom. The summed E-state index contributed by atoms with van der Waals surface area (Å²) in [5, 5.41) is 5.81. The van der Waals surface area contributed by atoms with Gasteiger partial charge in [0, 0.05) is 25.0 Å². The van der Waals surface area contributed by atoms with Crippen LogP contribution < -0.4 is 0 Å². The minimum absolute atomic E-state index is 0.862. The maximum absolute atomic E-state index is 4.10. The van der Waals surface area contributed by atoms with Gasteiger partial charge in [-0.15, -0.1) is 0 Å². The van der Waals surface area contributed by atoms with Crippen molar-refractivity contribution in [2.24, 2.45) is 10.1 Å². The van der Waals surface area contributed by atoms with Gasteiger partial charge in [-0.05, 0) is 6.08 Å². The lowest BCUT2D eigenvalue weighted by molar-refractivity contribution is 0.430. The monoisotopic (exact) mass is 120 g/mol. The number of aliphatic imine (C=N–C) groups is 1. The van der Waals surface area contributed by atoms with Crippen molar-refractivity contribution in [3.63, 3.8) is 0 Å². The van der Waals surface area contributed by atoms with E-state index in [4.69, 9.17) is 0 Å². The third-order valence-corrected chi connectivity index (χ3v) is 1.28. The van der Waals surface area contributed by atoms with Gasteiger partial charge in [-0.3, -0.25) is 4.99 Å².